The van der Waals surface area contributed by atoms with Crippen molar-refractivity contribution in [3.63, 3.8) is 0 Å². The van der Waals surface area contributed by atoms with E-state index in [0.717, 1.165) is 0 Å². The number of para-hydroxylation sites is 1. The molecule has 0 spiro atoms. The Balaban J connectivity index is 1.75. The van der Waals surface area contributed by atoms with E-state index in [0.29, 0.717) is 46.8 Å². The van der Waals surface area contributed by atoms with Crippen LogP contribution in [0.25, 0.3) is 22.3 Å². The zero-order chi connectivity index (χ0) is 23.5. The first kappa shape index (κ1) is 22.3. The van der Waals surface area contributed by atoms with Gasteiger partial charge in [0.2, 0.25) is 11.7 Å². The molecule has 4 aromatic rings. The van der Waals surface area contributed by atoms with Gasteiger partial charge in [0.1, 0.15) is 6.54 Å². The minimum absolute atomic E-state index is 0.0389. The third-order valence-electron chi connectivity index (χ3n) is 5.60. The number of aromatic nitrogens is 4. The first-order valence-electron chi connectivity index (χ1n) is 10.9. The lowest BCUT2D eigenvalue weighted by Gasteiger charge is -2.16. The molecular weight excluding hydrogens is 424 g/mol. The van der Waals surface area contributed by atoms with Gasteiger partial charge in [-0.25, -0.2) is 4.79 Å². The highest BCUT2D eigenvalue weighted by Gasteiger charge is 2.19. The number of hydrogen-bond donors (Lipinski definition) is 0. The van der Waals surface area contributed by atoms with Gasteiger partial charge in [-0.15, -0.1) is 0 Å². The molecule has 9 heteroatoms. The fraction of sp³-hybridized carbons (Fsp3) is 0.333. The van der Waals surface area contributed by atoms with Crippen molar-refractivity contribution in [3.8, 4) is 22.9 Å². The van der Waals surface area contributed by atoms with E-state index in [1.165, 1.54) is 9.13 Å². The lowest BCUT2D eigenvalue weighted by Crippen LogP contribution is -2.41. The molecule has 1 atom stereocenters. The van der Waals surface area contributed by atoms with Gasteiger partial charge in [0.15, 0.2) is 11.5 Å². The van der Waals surface area contributed by atoms with Crippen LogP contribution in [0.4, 0.5) is 0 Å². The molecule has 2 aromatic heterocycles. The maximum atomic E-state index is 13.3. The van der Waals surface area contributed by atoms with Crippen LogP contribution in [0.1, 0.15) is 39.1 Å². The van der Waals surface area contributed by atoms with Crippen molar-refractivity contribution in [1.82, 2.24) is 19.3 Å². The number of benzene rings is 2. The predicted molar refractivity (Wildman–Crippen MR) is 124 cm³/mol. The lowest BCUT2D eigenvalue weighted by atomic mass is 10.2. The van der Waals surface area contributed by atoms with Crippen molar-refractivity contribution in [2.24, 2.45) is 0 Å². The zero-order valence-corrected chi connectivity index (χ0v) is 19.1. The van der Waals surface area contributed by atoms with Crippen molar-refractivity contribution < 1.29 is 14.0 Å². The molecule has 33 heavy (non-hydrogen) atoms. The quantitative estimate of drug-likeness (QED) is 0.404. The summed E-state index contributed by atoms with van der Waals surface area (Å²) in [7, 11) is 1.56. The number of nitrogens with zero attached hydrogens (tertiary/aromatic N) is 4. The van der Waals surface area contributed by atoms with Crippen LogP contribution in [0.5, 0.6) is 11.5 Å². The normalized spacial score (nSPS) is 12.1. The monoisotopic (exact) mass is 450 g/mol. The highest BCUT2D eigenvalue weighted by molar-refractivity contribution is 5.77. The van der Waals surface area contributed by atoms with Crippen LogP contribution in [0.3, 0.4) is 0 Å². The van der Waals surface area contributed by atoms with Gasteiger partial charge in [0, 0.05) is 11.6 Å². The average Bonchev–Trinajstić information content (AvgIpc) is 3.31. The summed E-state index contributed by atoms with van der Waals surface area (Å²) in [5, 5.41) is 4.53. The minimum Gasteiger partial charge on any atom is -0.493 e. The zero-order valence-electron chi connectivity index (χ0n) is 19.1. The second-order valence-electron chi connectivity index (χ2n) is 7.63. The summed E-state index contributed by atoms with van der Waals surface area (Å²) in [4.78, 5) is 30.7. The minimum atomic E-state index is -0.407. The summed E-state index contributed by atoms with van der Waals surface area (Å²) in [6.45, 7) is 6.24. The standard InChI is InChI=1S/C24H26N4O5/c1-5-15(3)28-23(29)17-9-7-8-10-18(17)27(24(28)30)14-21-25-22(26-33-21)16-11-12-19(32-6-2)20(13-16)31-4/h7-13,15H,5-6,14H2,1-4H3/t15-/m0/s1. The van der Waals surface area contributed by atoms with E-state index >= 15 is 0 Å². The Morgan fingerprint density at radius 1 is 1.09 bits per heavy atom. The average molecular weight is 450 g/mol. The fourth-order valence-electron chi connectivity index (χ4n) is 3.72. The molecule has 172 valence electrons. The molecule has 0 amide bonds. The molecule has 0 bridgehead atoms. The Morgan fingerprint density at radius 3 is 2.61 bits per heavy atom. The number of methoxy groups -OCH3 is 1. The molecule has 0 fully saturated rings. The van der Waals surface area contributed by atoms with E-state index in [1.807, 2.05) is 26.8 Å². The topological polar surface area (TPSA) is 101 Å². The molecule has 0 aliphatic carbocycles. The van der Waals surface area contributed by atoms with Crippen molar-refractivity contribution in [3.05, 3.63) is 69.2 Å². The van der Waals surface area contributed by atoms with Crippen LogP contribution in [-0.4, -0.2) is 33.0 Å². The van der Waals surface area contributed by atoms with Gasteiger partial charge < -0.3 is 14.0 Å². The molecule has 4 rings (SSSR count). The van der Waals surface area contributed by atoms with E-state index < -0.39 is 5.69 Å². The van der Waals surface area contributed by atoms with E-state index in [2.05, 4.69) is 10.1 Å². The predicted octanol–water partition coefficient (Wildman–Crippen LogP) is 3.64. The van der Waals surface area contributed by atoms with Crippen LogP contribution in [0, 0.1) is 0 Å². The molecule has 2 aromatic carbocycles. The Kier molecular flexibility index (Phi) is 6.30. The van der Waals surface area contributed by atoms with Gasteiger partial charge in [-0.1, -0.05) is 24.2 Å². The Labute approximate surface area is 190 Å². The summed E-state index contributed by atoms with van der Waals surface area (Å²) in [6, 6.07) is 12.2. The summed E-state index contributed by atoms with van der Waals surface area (Å²) in [5.41, 5.74) is 0.506. The van der Waals surface area contributed by atoms with Crippen molar-refractivity contribution in [1.29, 1.82) is 0 Å². The maximum Gasteiger partial charge on any atom is 0.332 e. The number of rotatable bonds is 8. The smallest absolute Gasteiger partial charge is 0.332 e. The van der Waals surface area contributed by atoms with Gasteiger partial charge in [0.25, 0.3) is 5.56 Å². The summed E-state index contributed by atoms with van der Waals surface area (Å²) < 4.78 is 19.2. The van der Waals surface area contributed by atoms with E-state index in [4.69, 9.17) is 14.0 Å². The van der Waals surface area contributed by atoms with Crippen molar-refractivity contribution >= 4 is 10.9 Å². The largest absolute Gasteiger partial charge is 0.493 e. The molecule has 0 saturated carbocycles. The maximum absolute atomic E-state index is 13.3. The van der Waals surface area contributed by atoms with Crippen molar-refractivity contribution in [2.45, 2.75) is 39.8 Å². The van der Waals surface area contributed by atoms with Gasteiger partial charge in [0.05, 0.1) is 24.6 Å². The summed E-state index contributed by atoms with van der Waals surface area (Å²) in [6.07, 6.45) is 0.651. The molecule has 0 N–H and O–H groups in total. The van der Waals surface area contributed by atoms with E-state index in [-0.39, 0.29) is 24.0 Å². The highest BCUT2D eigenvalue weighted by atomic mass is 16.5. The van der Waals surface area contributed by atoms with Crippen LogP contribution in [-0.2, 0) is 6.54 Å². The van der Waals surface area contributed by atoms with Gasteiger partial charge in [-0.05, 0) is 50.6 Å². The highest BCUT2D eigenvalue weighted by Crippen LogP contribution is 2.31. The van der Waals surface area contributed by atoms with Gasteiger partial charge in [-0.3, -0.25) is 13.9 Å². The van der Waals surface area contributed by atoms with Crippen LogP contribution >= 0.6 is 0 Å². The number of hydrogen-bond acceptors (Lipinski definition) is 7. The van der Waals surface area contributed by atoms with Crippen LogP contribution < -0.4 is 20.7 Å². The number of fused-ring (bicyclic) bond motifs is 1. The Bertz CT molecular complexity index is 1400. The first-order valence-corrected chi connectivity index (χ1v) is 10.9. The second kappa shape index (κ2) is 9.32. The molecule has 0 aliphatic heterocycles. The third kappa shape index (κ3) is 4.13. The van der Waals surface area contributed by atoms with Gasteiger partial charge in [-0.2, -0.15) is 4.98 Å². The lowest BCUT2D eigenvalue weighted by molar-refractivity contribution is 0.311. The van der Waals surface area contributed by atoms with E-state index in [1.54, 1.807) is 43.5 Å². The second-order valence-corrected chi connectivity index (χ2v) is 7.63. The van der Waals surface area contributed by atoms with Gasteiger partial charge >= 0.3 is 5.69 Å². The van der Waals surface area contributed by atoms with Crippen LogP contribution in [0.2, 0.25) is 0 Å². The van der Waals surface area contributed by atoms with Crippen molar-refractivity contribution in [2.75, 3.05) is 13.7 Å². The summed E-state index contributed by atoms with van der Waals surface area (Å²) >= 11 is 0. The molecule has 0 aliphatic rings. The number of ether oxygens (including phenoxy) is 2. The third-order valence-corrected chi connectivity index (χ3v) is 5.60. The molecule has 0 unspecified atom stereocenters. The fourth-order valence-corrected chi connectivity index (χ4v) is 3.72. The molecule has 2 heterocycles. The Hall–Kier alpha value is -3.88. The molecular formula is C24H26N4O5. The summed E-state index contributed by atoms with van der Waals surface area (Å²) in [5.74, 6) is 1.79. The molecule has 0 radical (unpaired) electrons. The molecule has 9 nitrogen and oxygen atoms in total. The first-order chi connectivity index (χ1) is 16.0. The molecule has 0 saturated heterocycles. The SMILES string of the molecule is CCOc1ccc(-c2noc(Cn3c(=O)n([C@@H](C)CC)c(=O)c4ccccc43)n2)cc1OC. The Morgan fingerprint density at radius 2 is 1.88 bits per heavy atom. The van der Waals surface area contributed by atoms with Crippen LogP contribution in [0.15, 0.2) is 56.6 Å². The van der Waals surface area contributed by atoms with E-state index in [9.17, 15) is 9.59 Å².